The van der Waals surface area contributed by atoms with Gasteiger partial charge in [-0.2, -0.15) is 5.43 Å². The summed E-state index contributed by atoms with van der Waals surface area (Å²) in [5, 5.41) is 1.07. The number of ether oxygens (including phenoxy) is 1. The number of imide groups is 1. The molecule has 0 aromatic heterocycles. The third-order valence-electron chi connectivity index (χ3n) is 3.90. The Kier molecular flexibility index (Phi) is 5.36. The SMILES string of the molecule is O=C(c1ccccc1)N(NC1CCCCO1)C(=O)c1ccccc1. The van der Waals surface area contributed by atoms with Crippen molar-refractivity contribution in [2.45, 2.75) is 25.5 Å². The van der Waals surface area contributed by atoms with Gasteiger partial charge in [-0.3, -0.25) is 9.59 Å². The Morgan fingerprint density at radius 2 is 1.42 bits per heavy atom. The summed E-state index contributed by atoms with van der Waals surface area (Å²) in [4.78, 5) is 25.6. The lowest BCUT2D eigenvalue weighted by molar-refractivity contribution is -0.0403. The molecule has 1 heterocycles. The highest BCUT2D eigenvalue weighted by Crippen LogP contribution is 2.14. The highest BCUT2D eigenvalue weighted by molar-refractivity contribution is 6.09. The van der Waals surface area contributed by atoms with Crippen LogP contribution in [-0.2, 0) is 4.74 Å². The number of carbonyl (C=O) groups is 2. The Balaban J connectivity index is 1.85. The molecule has 0 aliphatic carbocycles. The normalized spacial score (nSPS) is 17.2. The number of benzene rings is 2. The Hall–Kier alpha value is -2.50. The lowest BCUT2D eigenvalue weighted by Gasteiger charge is -2.30. The summed E-state index contributed by atoms with van der Waals surface area (Å²) in [5.41, 5.74) is 3.86. The van der Waals surface area contributed by atoms with Gasteiger partial charge in [0.25, 0.3) is 11.8 Å². The van der Waals surface area contributed by atoms with E-state index in [1.807, 2.05) is 12.1 Å². The molecule has 1 fully saturated rings. The van der Waals surface area contributed by atoms with Crippen molar-refractivity contribution >= 4 is 11.8 Å². The van der Waals surface area contributed by atoms with Gasteiger partial charge in [-0.25, -0.2) is 5.01 Å². The summed E-state index contributed by atoms with van der Waals surface area (Å²) in [6.07, 6.45) is 2.43. The van der Waals surface area contributed by atoms with E-state index in [4.69, 9.17) is 4.74 Å². The number of nitrogens with zero attached hydrogens (tertiary/aromatic N) is 1. The molecule has 1 N–H and O–H groups in total. The van der Waals surface area contributed by atoms with Gasteiger partial charge in [0.2, 0.25) is 0 Å². The van der Waals surface area contributed by atoms with E-state index in [0.717, 1.165) is 24.3 Å². The van der Waals surface area contributed by atoms with Gasteiger partial charge in [-0.15, -0.1) is 0 Å². The van der Waals surface area contributed by atoms with Crippen molar-refractivity contribution in [3.8, 4) is 0 Å². The fraction of sp³-hybridized carbons (Fsp3) is 0.263. The molecular formula is C19H20N2O3. The van der Waals surface area contributed by atoms with Gasteiger partial charge in [-0.1, -0.05) is 36.4 Å². The number of hydrogen-bond donors (Lipinski definition) is 1. The van der Waals surface area contributed by atoms with Crippen LogP contribution >= 0.6 is 0 Å². The Bertz CT molecular complexity index is 631. The van der Waals surface area contributed by atoms with E-state index >= 15 is 0 Å². The van der Waals surface area contributed by atoms with E-state index in [9.17, 15) is 9.59 Å². The van der Waals surface area contributed by atoms with Gasteiger partial charge in [0.1, 0.15) is 6.23 Å². The van der Waals surface area contributed by atoms with E-state index in [-0.39, 0.29) is 6.23 Å². The monoisotopic (exact) mass is 324 g/mol. The number of rotatable bonds is 4. The van der Waals surface area contributed by atoms with Crippen molar-refractivity contribution in [2.24, 2.45) is 0 Å². The largest absolute Gasteiger partial charge is 0.362 e. The molecule has 5 heteroatoms. The van der Waals surface area contributed by atoms with Gasteiger partial charge in [0.05, 0.1) is 0 Å². The maximum absolute atomic E-state index is 12.8. The average Bonchev–Trinajstić information content (AvgIpc) is 2.67. The Morgan fingerprint density at radius 3 is 1.88 bits per heavy atom. The maximum atomic E-state index is 12.8. The molecule has 124 valence electrons. The lowest BCUT2D eigenvalue weighted by Crippen LogP contribution is -2.53. The van der Waals surface area contributed by atoms with E-state index < -0.39 is 11.8 Å². The second kappa shape index (κ2) is 7.86. The van der Waals surface area contributed by atoms with Gasteiger partial charge in [0.15, 0.2) is 0 Å². The first-order valence-electron chi connectivity index (χ1n) is 8.12. The lowest BCUT2D eigenvalue weighted by atomic mass is 10.1. The smallest absolute Gasteiger partial charge is 0.275 e. The molecule has 3 rings (SSSR count). The average molecular weight is 324 g/mol. The molecule has 0 bridgehead atoms. The number of amides is 2. The second-order valence-electron chi connectivity index (χ2n) is 5.66. The third-order valence-corrected chi connectivity index (χ3v) is 3.90. The number of nitrogens with one attached hydrogen (secondary N) is 1. The molecule has 1 saturated heterocycles. The predicted octanol–water partition coefficient (Wildman–Crippen LogP) is 3.00. The molecule has 1 atom stereocenters. The standard InChI is InChI=1S/C19H20N2O3/c22-18(15-9-3-1-4-10-15)21(20-17-13-7-8-14-24-17)19(23)16-11-5-2-6-12-16/h1-6,9-12,17,20H,7-8,13-14H2. The second-order valence-corrected chi connectivity index (χ2v) is 5.66. The van der Waals surface area contributed by atoms with Gasteiger partial charge < -0.3 is 4.74 Å². The fourth-order valence-corrected chi connectivity index (χ4v) is 2.62. The number of carbonyl (C=O) groups excluding carboxylic acids is 2. The molecular weight excluding hydrogens is 304 g/mol. The van der Waals surface area contributed by atoms with Crippen LogP contribution in [0.1, 0.15) is 40.0 Å². The van der Waals surface area contributed by atoms with Crippen molar-refractivity contribution in [1.29, 1.82) is 0 Å². The van der Waals surface area contributed by atoms with Crippen LogP contribution in [0.25, 0.3) is 0 Å². The van der Waals surface area contributed by atoms with Crippen molar-refractivity contribution < 1.29 is 14.3 Å². The zero-order valence-corrected chi connectivity index (χ0v) is 13.4. The summed E-state index contributed by atoms with van der Waals surface area (Å²) in [7, 11) is 0. The van der Waals surface area contributed by atoms with E-state index in [1.54, 1.807) is 48.5 Å². The summed E-state index contributed by atoms with van der Waals surface area (Å²) < 4.78 is 5.62. The van der Waals surface area contributed by atoms with Gasteiger partial charge in [0, 0.05) is 17.7 Å². The highest BCUT2D eigenvalue weighted by atomic mass is 16.5. The van der Waals surface area contributed by atoms with Crippen molar-refractivity contribution in [2.75, 3.05) is 6.61 Å². The number of hydrazine groups is 1. The van der Waals surface area contributed by atoms with Crippen molar-refractivity contribution in [3.63, 3.8) is 0 Å². The molecule has 1 unspecified atom stereocenters. The summed E-state index contributed by atoms with van der Waals surface area (Å²) in [6.45, 7) is 0.630. The van der Waals surface area contributed by atoms with Crippen LogP contribution in [0.4, 0.5) is 0 Å². The Labute approximate surface area is 141 Å². The molecule has 2 aromatic rings. The van der Waals surface area contributed by atoms with Crippen LogP contribution in [0.5, 0.6) is 0 Å². The van der Waals surface area contributed by atoms with Gasteiger partial charge >= 0.3 is 0 Å². The van der Waals surface area contributed by atoms with Crippen LogP contribution in [0.15, 0.2) is 60.7 Å². The molecule has 1 aliphatic rings. The van der Waals surface area contributed by atoms with Crippen LogP contribution in [0.3, 0.4) is 0 Å². The summed E-state index contributed by atoms with van der Waals surface area (Å²) >= 11 is 0. The first-order chi connectivity index (χ1) is 11.8. The first kappa shape index (κ1) is 16.4. The summed E-state index contributed by atoms with van der Waals surface area (Å²) in [6, 6.07) is 17.5. The topological polar surface area (TPSA) is 58.6 Å². The van der Waals surface area contributed by atoms with Crippen LogP contribution in [-0.4, -0.2) is 29.7 Å². The maximum Gasteiger partial charge on any atom is 0.275 e. The summed E-state index contributed by atoms with van der Waals surface area (Å²) in [5.74, 6) is -0.780. The van der Waals surface area contributed by atoms with Crippen LogP contribution < -0.4 is 5.43 Å². The number of hydrogen-bond acceptors (Lipinski definition) is 4. The molecule has 2 amide bonds. The first-order valence-corrected chi connectivity index (χ1v) is 8.12. The third kappa shape index (κ3) is 3.88. The molecule has 0 spiro atoms. The van der Waals surface area contributed by atoms with E-state index in [2.05, 4.69) is 5.43 Å². The van der Waals surface area contributed by atoms with Crippen molar-refractivity contribution in [1.82, 2.24) is 10.4 Å². The molecule has 2 aromatic carbocycles. The van der Waals surface area contributed by atoms with Crippen LogP contribution in [0.2, 0.25) is 0 Å². The van der Waals surface area contributed by atoms with Crippen molar-refractivity contribution in [3.05, 3.63) is 71.8 Å². The zero-order chi connectivity index (χ0) is 16.8. The molecule has 5 nitrogen and oxygen atoms in total. The minimum absolute atomic E-state index is 0.334. The van der Waals surface area contributed by atoms with Gasteiger partial charge in [-0.05, 0) is 43.5 Å². The minimum Gasteiger partial charge on any atom is -0.362 e. The quantitative estimate of drug-likeness (QED) is 0.694. The molecule has 0 saturated carbocycles. The molecule has 1 aliphatic heterocycles. The van der Waals surface area contributed by atoms with Crippen LogP contribution in [0, 0.1) is 0 Å². The molecule has 24 heavy (non-hydrogen) atoms. The van der Waals surface area contributed by atoms with E-state index in [0.29, 0.717) is 17.7 Å². The highest BCUT2D eigenvalue weighted by Gasteiger charge is 2.27. The minimum atomic E-state index is -0.390. The van der Waals surface area contributed by atoms with E-state index in [1.165, 1.54) is 0 Å². The molecule has 0 radical (unpaired) electrons. The Morgan fingerprint density at radius 1 is 0.875 bits per heavy atom. The predicted molar refractivity (Wildman–Crippen MR) is 90.1 cm³/mol. The zero-order valence-electron chi connectivity index (χ0n) is 13.4. The fourth-order valence-electron chi connectivity index (χ4n) is 2.62.